The van der Waals surface area contributed by atoms with E-state index in [4.69, 9.17) is 21.1 Å². The zero-order valence-electron chi connectivity index (χ0n) is 6.72. The highest BCUT2D eigenvalue weighted by molar-refractivity contribution is 9.11. The van der Waals surface area contributed by atoms with Gasteiger partial charge in [0.15, 0.2) is 6.79 Å². The maximum atomic E-state index is 5.89. The molecule has 0 aromatic carbocycles. The summed E-state index contributed by atoms with van der Waals surface area (Å²) in [6.07, 6.45) is 4.53. The molecule has 0 amide bonds. The van der Waals surface area contributed by atoms with Crippen molar-refractivity contribution in [3.8, 4) is 0 Å². The highest BCUT2D eigenvalue weighted by Crippen LogP contribution is 2.26. The van der Waals surface area contributed by atoms with Crippen LogP contribution in [0, 0.1) is 0 Å². The average Bonchev–Trinajstić information content (AvgIpc) is 2.07. The number of allylic oxidation sites excluding steroid dienone is 4. The summed E-state index contributed by atoms with van der Waals surface area (Å²) in [6.45, 7) is 0.266. The quantitative estimate of drug-likeness (QED) is 0.569. The molecule has 1 aliphatic rings. The molecule has 0 saturated carbocycles. The van der Waals surface area contributed by atoms with Crippen molar-refractivity contribution in [2.45, 2.75) is 11.8 Å². The number of hydrogen-bond donors (Lipinski definition) is 0. The zero-order valence-corrected chi connectivity index (χ0v) is 9.06. The molecule has 0 fully saturated rings. The van der Waals surface area contributed by atoms with Crippen LogP contribution < -0.4 is 0 Å². The normalized spacial score (nSPS) is 23.1. The van der Waals surface area contributed by atoms with Crippen LogP contribution in [0.4, 0.5) is 0 Å². The van der Waals surface area contributed by atoms with Crippen LogP contribution in [0.3, 0.4) is 0 Å². The van der Waals surface area contributed by atoms with Crippen LogP contribution in [0.1, 0.15) is 6.42 Å². The van der Waals surface area contributed by atoms with Crippen LogP contribution in [0.2, 0.25) is 0 Å². The van der Waals surface area contributed by atoms with E-state index in [1.165, 1.54) is 0 Å². The van der Waals surface area contributed by atoms with Crippen molar-refractivity contribution < 1.29 is 9.47 Å². The van der Waals surface area contributed by atoms with Gasteiger partial charge in [-0.25, -0.2) is 0 Å². The lowest BCUT2D eigenvalue weighted by molar-refractivity contribution is 0.00226. The first-order valence-corrected chi connectivity index (χ1v) is 4.79. The van der Waals surface area contributed by atoms with Gasteiger partial charge >= 0.3 is 0 Å². The Labute approximate surface area is 85.3 Å². The predicted molar refractivity (Wildman–Crippen MR) is 52.3 cm³/mol. The van der Waals surface area contributed by atoms with Crippen molar-refractivity contribution in [3.63, 3.8) is 0 Å². The number of halogens is 2. The minimum absolute atomic E-state index is 0.0261. The second-order valence-corrected chi connectivity index (χ2v) is 3.82. The molecule has 0 heterocycles. The van der Waals surface area contributed by atoms with Crippen LogP contribution in [-0.4, -0.2) is 19.3 Å². The molecule has 1 unspecified atom stereocenters. The molecule has 1 rings (SSSR count). The highest BCUT2D eigenvalue weighted by atomic mass is 79.9. The fourth-order valence-corrected chi connectivity index (χ4v) is 1.52. The standard InChI is InChI=1S/C8H10BrClO2/c1-11-5-12-8-4-6(10)2-3-7(8)9/h2-3,6H,4-5H2,1H3. The lowest BCUT2D eigenvalue weighted by Crippen LogP contribution is -2.07. The maximum absolute atomic E-state index is 5.89. The van der Waals surface area contributed by atoms with E-state index >= 15 is 0 Å². The van der Waals surface area contributed by atoms with Crippen molar-refractivity contribution in [2.75, 3.05) is 13.9 Å². The average molecular weight is 254 g/mol. The molecule has 2 nitrogen and oxygen atoms in total. The van der Waals surface area contributed by atoms with Crippen LogP contribution in [-0.2, 0) is 9.47 Å². The SMILES string of the molecule is COCOC1=C(Br)C=CC(Cl)C1. The zero-order chi connectivity index (χ0) is 8.97. The molecule has 0 aromatic rings. The Morgan fingerprint density at radius 2 is 2.50 bits per heavy atom. The van der Waals surface area contributed by atoms with Gasteiger partial charge in [0.2, 0.25) is 0 Å². The Kier molecular flexibility index (Phi) is 4.12. The third-order valence-electron chi connectivity index (χ3n) is 1.45. The number of alkyl halides is 1. The molecule has 68 valence electrons. The summed E-state index contributed by atoms with van der Waals surface area (Å²) < 4.78 is 11.0. The van der Waals surface area contributed by atoms with Gasteiger partial charge in [0, 0.05) is 13.5 Å². The van der Waals surface area contributed by atoms with Gasteiger partial charge in [0.25, 0.3) is 0 Å². The van der Waals surface area contributed by atoms with E-state index in [1.807, 2.05) is 12.2 Å². The van der Waals surface area contributed by atoms with E-state index in [0.29, 0.717) is 6.42 Å². The van der Waals surface area contributed by atoms with E-state index in [1.54, 1.807) is 7.11 Å². The largest absolute Gasteiger partial charge is 0.471 e. The molecule has 0 N–H and O–H groups in total. The van der Waals surface area contributed by atoms with Gasteiger partial charge in [-0.1, -0.05) is 6.08 Å². The third-order valence-corrected chi connectivity index (χ3v) is 2.46. The Morgan fingerprint density at radius 1 is 1.75 bits per heavy atom. The van der Waals surface area contributed by atoms with E-state index in [9.17, 15) is 0 Å². The van der Waals surface area contributed by atoms with Crippen molar-refractivity contribution in [1.82, 2.24) is 0 Å². The molecule has 4 heteroatoms. The van der Waals surface area contributed by atoms with Gasteiger partial charge in [0.1, 0.15) is 5.76 Å². The second-order valence-electron chi connectivity index (χ2n) is 2.40. The van der Waals surface area contributed by atoms with Gasteiger partial charge in [-0.2, -0.15) is 0 Å². The van der Waals surface area contributed by atoms with Crippen molar-refractivity contribution in [3.05, 3.63) is 22.4 Å². The molecule has 0 aromatic heterocycles. The fraction of sp³-hybridized carbons (Fsp3) is 0.500. The second kappa shape index (κ2) is 4.90. The molecule has 0 radical (unpaired) electrons. The monoisotopic (exact) mass is 252 g/mol. The fourth-order valence-electron chi connectivity index (χ4n) is 0.882. The lowest BCUT2D eigenvalue weighted by Gasteiger charge is -2.15. The molecule has 0 spiro atoms. The Balaban J connectivity index is 2.53. The van der Waals surface area contributed by atoms with Crippen LogP contribution in [0.5, 0.6) is 0 Å². The smallest absolute Gasteiger partial charge is 0.188 e. The topological polar surface area (TPSA) is 18.5 Å². The first-order valence-electron chi connectivity index (χ1n) is 3.56. The molecule has 0 aliphatic heterocycles. The van der Waals surface area contributed by atoms with E-state index in [-0.39, 0.29) is 12.2 Å². The number of ether oxygens (including phenoxy) is 2. The summed E-state index contributed by atoms with van der Waals surface area (Å²) in [5.41, 5.74) is 0. The van der Waals surface area contributed by atoms with Crippen LogP contribution in [0.25, 0.3) is 0 Å². The predicted octanol–water partition coefficient (Wildman–Crippen LogP) is 2.78. The summed E-state index contributed by atoms with van der Waals surface area (Å²) >= 11 is 9.26. The number of methoxy groups -OCH3 is 1. The highest BCUT2D eigenvalue weighted by Gasteiger charge is 2.13. The third kappa shape index (κ3) is 2.81. The molecule has 0 saturated heterocycles. The van der Waals surface area contributed by atoms with Crippen LogP contribution >= 0.6 is 27.5 Å². The van der Waals surface area contributed by atoms with Crippen molar-refractivity contribution in [2.24, 2.45) is 0 Å². The molecule has 0 bridgehead atoms. The van der Waals surface area contributed by atoms with Gasteiger partial charge in [-0.15, -0.1) is 11.6 Å². The first kappa shape index (κ1) is 10.1. The summed E-state index contributed by atoms with van der Waals surface area (Å²) in [5, 5.41) is 0.0261. The molecule has 1 atom stereocenters. The molecule has 12 heavy (non-hydrogen) atoms. The summed E-state index contributed by atoms with van der Waals surface area (Å²) in [7, 11) is 1.59. The summed E-state index contributed by atoms with van der Waals surface area (Å²) in [5.74, 6) is 0.847. The van der Waals surface area contributed by atoms with E-state index < -0.39 is 0 Å². The van der Waals surface area contributed by atoms with Gasteiger partial charge in [-0.3, -0.25) is 0 Å². The minimum atomic E-state index is 0.0261. The Bertz CT molecular complexity index is 213. The molecular weight excluding hydrogens is 243 g/mol. The van der Waals surface area contributed by atoms with Crippen molar-refractivity contribution in [1.29, 1.82) is 0 Å². The van der Waals surface area contributed by atoms with Gasteiger partial charge < -0.3 is 9.47 Å². The van der Waals surface area contributed by atoms with E-state index in [2.05, 4.69) is 15.9 Å². The number of rotatable bonds is 3. The van der Waals surface area contributed by atoms with E-state index in [0.717, 1.165) is 10.2 Å². The van der Waals surface area contributed by atoms with Gasteiger partial charge in [-0.05, 0) is 22.0 Å². The minimum Gasteiger partial charge on any atom is -0.471 e. The van der Waals surface area contributed by atoms with Gasteiger partial charge in [0.05, 0.1) is 9.86 Å². The first-order chi connectivity index (χ1) is 5.74. The summed E-state index contributed by atoms with van der Waals surface area (Å²) in [6, 6.07) is 0. The molecule has 1 aliphatic carbocycles. The molecular formula is C8H10BrClO2. The lowest BCUT2D eigenvalue weighted by atomic mass is 10.1. The Hall–Kier alpha value is 0.01000. The summed E-state index contributed by atoms with van der Waals surface area (Å²) in [4.78, 5) is 0. The van der Waals surface area contributed by atoms with Crippen molar-refractivity contribution >= 4 is 27.5 Å². The number of hydrogen-bond acceptors (Lipinski definition) is 2. The maximum Gasteiger partial charge on any atom is 0.188 e. The Morgan fingerprint density at radius 3 is 3.17 bits per heavy atom. The van der Waals surface area contributed by atoms with Crippen LogP contribution in [0.15, 0.2) is 22.4 Å².